The summed E-state index contributed by atoms with van der Waals surface area (Å²) in [7, 11) is 0. The molecule has 0 aliphatic heterocycles. The Kier molecular flexibility index (Phi) is 5.53. The Balaban J connectivity index is 1.58. The van der Waals surface area contributed by atoms with Crippen molar-refractivity contribution in [2.75, 3.05) is 11.9 Å². The van der Waals surface area contributed by atoms with Gasteiger partial charge in [-0.25, -0.2) is 0 Å². The summed E-state index contributed by atoms with van der Waals surface area (Å²) in [6.45, 7) is 4.28. The van der Waals surface area contributed by atoms with Crippen LogP contribution in [0.5, 0.6) is 0 Å². The van der Waals surface area contributed by atoms with Crippen molar-refractivity contribution in [3.05, 3.63) is 51.2 Å². The number of para-hydroxylation sites is 1. The van der Waals surface area contributed by atoms with Gasteiger partial charge >= 0.3 is 0 Å². The van der Waals surface area contributed by atoms with E-state index in [9.17, 15) is 9.59 Å². The molecule has 1 aliphatic rings. The zero-order valence-corrected chi connectivity index (χ0v) is 15.5. The third-order valence-electron chi connectivity index (χ3n) is 4.73. The van der Waals surface area contributed by atoms with Crippen LogP contribution in [0.15, 0.2) is 29.6 Å². The first-order valence-electron chi connectivity index (χ1n) is 8.83. The molecule has 0 radical (unpaired) electrons. The van der Waals surface area contributed by atoms with Crippen LogP contribution in [0.25, 0.3) is 0 Å². The molecule has 25 heavy (non-hydrogen) atoms. The first-order chi connectivity index (χ1) is 12.1. The number of benzene rings is 1. The molecule has 1 aliphatic carbocycles. The van der Waals surface area contributed by atoms with Crippen LogP contribution in [0.1, 0.15) is 46.6 Å². The summed E-state index contributed by atoms with van der Waals surface area (Å²) in [5.74, 6) is 0.337. The number of fused-ring (bicyclic) bond motifs is 1. The fourth-order valence-corrected chi connectivity index (χ4v) is 4.51. The van der Waals surface area contributed by atoms with Crippen LogP contribution in [0.2, 0.25) is 0 Å². The van der Waals surface area contributed by atoms with Crippen molar-refractivity contribution in [3.63, 3.8) is 0 Å². The smallest absolute Gasteiger partial charge is 0.252 e. The molecular formula is C20H24N2O2S. The molecule has 2 N–H and O–H groups in total. The molecule has 0 spiro atoms. The molecule has 2 amide bonds. The van der Waals surface area contributed by atoms with Crippen molar-refractivity contribution in [1.82, 2.24) is 5.32 Å². The summed E-state index contributed by atoms with van der Waals surface area (Å²) >= 11 is 1.66. The van der Waals surface area contributed by atoms with Gasteiger partial charge in [0.1, 0.15) is 0 Å². The molecule has 3 rings (SSSR count). The maximum absolute atomic E-state index is 12.5. The van der Waals surface area contributed by atoms with Gasteiger partial charge in [-0.3, -0.25) is 9.59 Å². The molecule has 1 heterocycles. The van der Waals surface area contributed by atoms with Crippen LogP contribution >= 0.6 is 11.3 Å². The average molecular weight is 356 g/mol. The lowest BCUT2D eigenvalue weighted by atomic mass is 9.88. The third kappa shape index (κ3) is 4.10. The Hall–Kier alpha value is -2.14. The number of hydrogen-bond acceptors (Lipinski definition) is 3. The van der Waals surface area contributed by atoms with E-state index >= 15 is 0 Å². The van der Waals surface area contributed by atoms with Gasteiger partial charge in [-0.05, 0) is 48.8 Å². The maximum Gasteiger partial charge on any atom is 0.252 e. The largest absolute Gasteiger partial charge is 0.343 e. The predicted molar refractivity (Wildman–Crippen MR) is 102 cm³/mol. The summed E-state index contributed by atoms with van der Waals surface area (Å²) in [5, 5.41) is 7.57. The third-order valence-corrected chi connectivity index (χ3v) is 5.78. The van der Waals surface area contributed by atoms with Gasteiger partial charge in [-0.1, -0.05) is 32.0 Å². The first kappa shape index (κ1) is 17.7. The van der Waals surface area contributed by atoms with E-state index in [0.717, 1.165) is 42.5 Å². The van der Waals surface area contributed by atoms with Gasteiger partial charge < -0.3 is 10.6 Å². The minimum Gasteiger partial charge on any atom is -0.343 e. The number of carbonyl (C=O) groups excluding carboxylic acids is 2. The fraction of sp³-hybridized carbons (Fsp3) is 0.400. The number of thiophene rings is 1. The van der Waals surface area contributed by atoms with Gasteiger partial charge in [-0.15, -0.1) is 11.3 Å². The van der Waals surface area contributed by atoms with Crippen LogP contribution in [-0.4, -0.2) is 18.4 Å². The number of hydrogen-bond donors (Lipinski definition) is 2. The normalized spacial score (nSPS) is 16.2. The van der Waals surface area contributed by atoms with Crippen LogP contribution in [-0.2, 0) is 24.1 Å². The lowest BCUT2D eigenvalue weighted by Gasteiger charge is -2.18. The summed E-state index contributed by atoms with van der Waals surface area (Å²) in [6.07, 6.45) is 3.99. The molecule has 1 atom stereocenters. The Labute approximate surface area is 152 Å². The van der Waals surface area contributed by atoms with Gasteiger partial charge in [-0.2, -0.15) is 0 Å². The lowest BCUT2D eigenvalue weighted by molar-refractivity contribution is -0.115. The van der Waals surface area contributed by atoms with Crippen LogP contribution in [0, 0.1) is 5.92 Å². The minimum absolute atomic E-state index is 0.0160. The molecule has 2 aromatic rings. The SMILES string of the molecule is CCc1ccccc1NC(=O)CNC(=O)c1csc2c1CCC(C)C2. The Morgan fingerprint density at radius 3 is 2.88 bits per heavy atom. The number of nitrogens with one attached hydrogen (secondary N) is 2. The quantitative estimate of drug-likeness (QED) is 0.856. The van der Waals surface area contributed by atoms with Crippen molar-refractivity contribution < 1.29 is 9.59 Å². The van der Waals surface area contributed by atoms with E-state index < -0.39 is 0 Å². The molecule has 1 aromatic heterocycles. The van der Waals surface area contributed by atoms with E-state index in [0.29, 0.717) is 5.92 Å². The molecule has 0 saturated heterocycles. The Bertz CT molecular complexity index is 782. The number of amides is 2. The monoisotopic (exact) mass is 356 g/mol. The summed E-state index contributed by atoms with van der Waals surface area (Å²) in [4.78, 5) is 25.9. The molecule has 1 unspecified atom stereocenters. The van der Waals surface area contributed by atoms with E-state index in [1.807, 2.05) is 36.6 Å². The fourth-order valence-electron chi connectivity index (χ4n) is 3.27. The predicted octanol–water partition coefficient (Wildman–Crippen LogP) is 3.80. The number of aryl methyl sites for hydroxylation is 1. The van der Waals surface area contributed by atoms with Crippen molar-refractivity contribution in [1.29, 1.82) is 0 Å². The highest BCUT2D eigenvalue weighted by Crippen LogP contribution is 2.32. The zero-order chi connectivity index (χ0) is 17.8. The molecule has 0 fully saturated rings. The topological polar surface area (TPSA) is 58.2 Å². The Morgan fingerprint density at radius 2 is 2.08 bits per heavy atom. The van der Waals surface area contributed by atoms with Crippen molar-refractivity contribution >= 4 is 28.8 Å². The standard InChI is InChI=1S/C20H24N2O2S/c1-3-14-6-4-5-7-17(14)22-19(23)11-21-20(24)16-12-25-18-10-13(2)8-9-15(16)18/h4-7,12-13H,3,8-11H2,1-2H3,(H,21,24)(H,22,23). The van der Waals surface area contributed by atoms with E-state index in [1.165, 1.54) is 10.4 Å². The van der Waals surface area contributed by atoms with Crippen molar-refractivity contribution in [3.8, 4) is 0 Å². The zero-order valence-electron chi connectivity index (χ0n) is 14.7. The molecule has 4 nitrogen and oxygen atoms in total. The lowest BCUT2D eigenvalue weighted by Crippen LogP contribution is -2.33. The van der Waals surface area contributed by atoms with E-state index in [-0.39, 0.29) is 18.4 Å². The number of rotatable bonds is 5. The van der Waals surface area contributed by atoms with E-state index in [2.05, 4.69) is 17.6 Å². The van der Waals surface area contributed by atoms with Crippen molar-refractivity contribution in [2.24, 2.45) is 5.92 Å². The minimum atomic E-state index is -0.202. The van der Waals surface area contributed by atoms with Crippen molar-refractivity contribution in [2.45, 2.75) is 39.5 Å². The van der Waals surface area contributed by atoms with E-state index in [1.54, 1.807) is 11.3 Å². The highest BCUT2D eigenvalue weighted by molar-refractivity contribution is 7.10. The number of anilines is 1. The van der Waals surface area contributed by atoms with Gasteiger partial charge in [0.2, 0.25) is 5.91 Å². The number of carbonyl (C=O) groups is 2. The molecule has 0 bridgehead atoms. The summed E-state index contributed by atoms with van der Waals surface area (Å²) < 4.78 is 0. The second-order valence-electron chi connectivity index (χ2n) is 6.64. The molecule has 132 valence electrons. The Morgan fingerprint density at radius 1 is 1.28 bits per heavy atom. The summed E-state index contributed by atoms with van der Waals surface area (Å²) in [5.41, 5.74) is 3.82. The van der Waals surface area contributed by atoms with Crippen LogP contribution < -0.4 is 10.6 Å². The molecular weight excluding hydrogens is 332 g/mol. The first-order valence-corrected chi connectivity index (χ1v) is 9.71. The average Bonchev–Trinajstić information content (AvgIpc) is 3.03. The highest BCUT2D eigenvalue weighted by atomic mass is 32.1. The van der Waals surface area contributed by atoms with Crippen LogP contribution in [0.4, 0.5) is 5.69 Å². The van der Waals surface area contributed by atoms with Gasteiger partial charge in [0.25, 0.3) is 5.91 Å². The molecule has 5 heteroatoms. The summed E-state index contributed by atoms with van der Waals surface area (Å²) in [6, 6.07) is 7.73. The van der Waals surface area contributed by atoms with Gasteiger partial charge in [0, 0.05) is 15.9 Å². The van der Waals surface area contributed by atoms with Crippen LogP contribution in [0.3, 0.4) is 0 Å². The molecule has 0 saturated carbocycles. The highest BCUT2D eigenvalue weighted by Gasteiger charge is 2.23. The van der Waals surface area contributed by atoms with Gasteiger partial charge in [0.05, 0.1) is 12.1 Å². The second-order valence-corrected chi connectivity index (χ2v) is 7.60. The van der Waals surface area contributed by atoms with E-state index in [4.69, 9.17) is 0 Å². The molecule has 1 aromatic carbocycles. The maximum atomic E-state index is 12.5. The van der Waals surface area contributed by atoms with Gasteiger partial charge in [0.15, 0.2) is 0 Å². The second kappa shape index (κ2) is 7.83.